The van der Waals surface area contributed by atoms with Gasteiger partial charge in [0.25, 0.3) is 0 Å². The fourth-order valence-corrected chi connectivity index (χ4v) is 3.03. The first-order valence-corrected chi connectivity index (χ1v) is 10.1. The number of amides is 2. The zero-order valence-electron chi connectivity index (χ0n) is 18.6. The number of ether oxygens (including phenoxy) is 4. The highest BCUT2D eigenvalue weighted by Gasteiger charge is 2.31. The van der Waals surface area contributed by atoms with E-state index < -0.39 is 24.1 Å². The molecule has 2 amide bonds. The predicted octanol–water partition coefficient (Wildman–Crippen LogP) is 5.49. The van der Waals surface area contributed by atoms with Crippen molar-refractivity contribution in [3.05, 3.63) is 77.9 Å². The fraction of sp³-hybridized carbons (Fsp3) is 0.167. The molecule has 0 saturated carbocycles. The first-order chi connectivity index (χ1) is 16.7. The van der Waals surface area contributed by atoms with Crippen molar-refractivity contribution in [1.82, 2.24) is 5.32 Å². The highest BCUT2D eigenvalue weighted by atomic mass is 19.4. The Hall–Kier alpha value is -4.41. The molecule has 0 fully saturated rings. The number of carbonyl (C=O) groups is 2. The molecule has 0 atom stereocenters. The van der Waals surface area contributed by atoms with Gasteiger partial charge in [0.15, 0.2) is 0 Å². The van der Waals surface area contributed by atoms with Crippen LogP contribution in [-0.4, -0.2) is 32.6 Å². The molecule has 0 spiro atoms. The van der Waals surface area contributed by atoms with Crippen LogP contribution in [-0.2, 0) is 11.3 Å². The van der Waals surface area contributed by atoms with Crippen molar-refractivity contribution in [2.45, 2.75) is 12.9 Å². The maximum atomic E-state index is 12.5. The maximum absolute atomic E-state index is 12.5. The second kappa shape index (κ2) is 11.1. The van der Waals surface area contributed by atoms with E-state index in [1.165, 1.54) is 20.3 Å². The van der Waals surface area contributed by atoms with Gasteiger partial charge in [-0.05, 0) is 30.3 Å². The fourth-order valence-electron chi connectivity index (χ4n) is 3.03. The summed E-state index contributed by atoms with van der Waals surface area (Å²) in [4.78, 5) is 24.5. The molecule has 0 bridgehead atoms. The smallest absolute Gasteiger partial charge is 0.495 e. The molecule has 0 heterocycles. The Bertz CT molecular complexity index is 1200. The van der Waals surface area contributed by atoms with Crippen molar-refractivity contribution < 1.29 is 41.7 Å². The van der Waals surface area contributed by atoms with E-state index in [0.29, 0.717) is 11.3 Å². The molecule has 8 nitrogen and oxygen atoms in total. The Morgan fingerprint density at radius 2 is 1.57 bits per heavy atom. The topological polar surface area (TPSA) is 95.1 Å². The molecule has 3 aromatic rings. The molecular weight excluding hydrogens is 469 g/mol. The highest BCUT2D eigenvalue weighted by Crippen LogP contribution is 2.32. The summed E-state index contributed by atoms with van der Waals surface area (Å²) >= 11 is 0. The van der Waals surface area contributed by atoms with Crippen LogP contribution < -0.4 is 24.8 Å². The number of hydrogen-bond donors (Lipinski definition) is 2. The van der Waals surface area contributed by atoms with Gasteiger partial charge in [-0.1, -0.05) is 30.3 Å². The van der Waals surface area contributed by atoms with Crippen LogP contribution in [0.4, 0.5) is 23.7 Å². The first-order valence-electron chi connectivity index (χ1n) is 10.1. The van der Waals surface area contributed by atoms with Gasteiger partial charge < -0.3 is 29.6 Å². The Morgan fingerprint density at radius 1 is 0.886 bits per heavy atom. The molecule has 2 N–H and O–H groups in total. The van der Waals surface area contributed by atoms with Crippen LogP contribution in [0.25, 0.3) is 0 Å². The lowest BCUT2D eigenvalue weighted by atomic mass is 10.1. The van der Waals surface area contributed by atoms with Crippen molar-refractivity contribution in [3.8, 4) is 23.0 Å². The highest BCUT2D eigenvalue weighted by molar-refractivity contribution is 5.92. The number of esters is 1. The first kappa shape index (κ1) is 25.2. The Balaban J connectivity index is 1.71. The molecule has 0 aliphatic rings. The monoisotopic (exact) mass is 490 g/mol. The van der Waals surface area contributed by atoms with Crippen molar-refractivity contribution in [1.29, 1.82) is 0 Å². The van der Waals surface area contributed by atoms with Gasteiger partial charge >= 0.3 is 18.4 Å². The number of methoxy groups -OCH3 is 2. The van der Waals surface area contributed by atoms with Gasteiger partial charge in [0.1, 0.15) is 28.6 Å². The summed E-state index contributed by atoms with van der Waals surface area (Å²) in [6.07, 6.45) is -4.88. The summed E-state index contributed by atoms with van der Waals surface area (Å²) < 4.78 is 57.2. The molecule has 184 valence electrons. The van der Waals surface area contributed by atoms with Crippen LogP contribution in [0.3, 0.4) is 0 Å². The van der Waals surface area contributed by atoms with E-state index in [-0.39, 0.29) is 29.3 Å². The molecule has 0 saturated heterocycles. The van der Waals surface area contributed by atoms with Crippen LogP contribution in [0.2, 0.25) is 0 Å². The van der Waals surface area contributed by atoms with E-state index in [4.69, 9.17) is 14.2 Å². The SMILES string of the molecule is COC(=O)c1ccccc1Oc1ccccc1CNC(=O)Nc1cc(OC(F)(F)F)ccc1OC. The van der Waals surface area contributed by atoms with Crippen LogP contribution in [0.5, 0.6) is 23.0 Å². The number of hydrogen-bond acceptors (Lipinski definition) is 6. The minimum absolute atomic E-state index is 0.00343. The second-order valence-electron chi connectivity index (χ2n) is 6.92. The summed E-state index contributed by atoms with van der Waals surface area (Å²) in [5, 5.41) is 5.04. The number of halogens is 3. The normalized spacial score (nSPS) is 10.8. The van der Waals surface area contributed by atoms with Crippen molar-refractivity contribution in [2.75, 3.05) is 19.5 Å². The summed E-state index contributed by atoms with van der Waals surface area (Å²) in [6.45, 7) is 0.00343. The van der Waals surface area contributed by atoms with Gasteiger partial charge in [-0.3, -0.25) is 0 Å². The molecule has 3 rings (SSSR count). The minimum Gasteiger partial charge on any atom is -0.495 e. The van der Waals surface area contributed by atoms with Crippen molar-refractivity contribution in [3.63, 3.8) is 0 Å². The lowest BCUT2D eigenvalue weighted by Crippen LogP contribution is -2.28. The van der Waals surface area contributed by atoms with Gasteiger partial charge in [-0.2, -0.15) is 0 Å². The summed E-state index contributed by atoms with van der Waals surface area (Å²) in [7, 11) is 2.57. The van der Waals surface area contributed by atoms with Crippen molar-refractivity contribution >= 4 is 17.7 Å². The van der Waals surface area contributed by atoms with Crippen LogP contribution in [0.15, 0.2) is 66.7 Å². The predicted molar refractivity (Wildman–Crippen MR) is 120 cm³/mol. The molecule has 35 heavy (non-hydrogen) atoms. The average molecular weight is 490 g/mol. The largest absolute Gasteiger partial charge is 0.573 e. The Kier molecular flexibility index (Phi) is 8.03. The third kappa shape index (κ3) is 7.03. The molecular formula is C24H21F3N2O6. The number of anilines is 1. The lowest BCUT2D eigenvalue weighted by Gasteiger charge is -2.15. The van der Waals surface area contributed by atoms with Gasteiger partial charge in [-0.25, -0.2) is 9.59 Å². The standard InChI is InChI=1S/C24H21F3N2O6/c1-32-21-12-11-16(35-24(25,26)27)13-18(21)29-23(31)28-14-15-7-3-5-9-19(15)34-20-10-6-4-8-17(20)22(30)33-2/h3-13H,14H2,1-2H3,(H2,28,29,31). The summed E-state index contributed by atoms with van der Waals surface area (Å²) in [5.41, 5.74) is 0.773. The zero-order valence-corrected chi connectivity index (χ0v) is 18.6. The van der Waals surface area contributed by atoms with Crippen molar-refractivity contribution in [2.24, 2.45) is 0 Å². The van der Waals surface area contributed by atoms with Crippen LogP contribution in [0, 0.1) is 0 Å². The molecule has 0 radical (unpaired) electrons. The van der Waals surface area contributed by atoms with Crippen LogP contribution in [0.1, 0.15) is 15.9 Å². The van der Waals surface area contributed by atoms with Crippen LogP contribution >= 0.6 is 0 Å². The number of para-hydroxylation sites is 2. The van der Waals surface area contributed by atoms with E-state index in [1.54, 1.807) is 48.5 Å². The number of rotatable bonds is 8. The van der Waals surface area contributed by atoms with E-state index in [1.807, 2.05) is 0 Å². The van der Waals surface area contributed by atoms with Gasteiger partial charge in [0.05, 0.1) is 19.9 Å². The number of benzene rings is 3. The quantitative estimate of drug-likeness (QED) is 0.405. The summed E-state index contributed by atoms with van der Waals surface area (Å²) in [5.74, 6) is -0.305. The van der Waals surface area contributed by atoms with E-state index in [9.17, 15) is 22.8 Å². The minimum atomic E-state index is -4.88. The molecule has 3 aromatic carbocycles. The van der Waals surface area contributed by atoms with E-state index in [2.05, 4.69) is 15.4 Å². The number of alkyl halides is 3. The maximum Gasteiger partial charge on any atom is 0.573 e. The zero-order chi connectivity index (χ0) is 25.4. The lowest BCUT2D eigenvalue weighted by molar-refractivity contribution is -0.274. The third-order valence-electron chi connectivity index (χ3n) is 4.58. The average Bonchev–Trinajstić information content (AvgIpc) is 2.82. The van der Waals surface area contributed by atoms with E-state index in [0.717, 1.165) is 12.1 Å². The van der Waals surface area contributed by atoms with Gasteiger partial charge in [-0.15, -0.1) is 13.2 Å². The Labute approximate surface area is 198 Å². The van der Waals surface area contributed by atoms with E-state index >= 15 is 0 Å². The third-order valence-corrected chi connectivity index (χ3v) is 4.58. The number of carbonyl (C=O) groups excluding carboxylic acids is 2. The summed E-state index contributed by atoms with van der Waals surface area (Å²) in [6, 6.07) is 15.9. The molecule has 0 aliphatic carbocycles. The molecule has 0 aliphatic heterocycles. The van der Waals surface area contributed by atoms with Gasteiger partial charge in [0.2, 0.25) is 0 Å². The number of urea groups is 1. The van der Waals surface area contributed by atoms with Gasteiger partial charge in [0, 0.05) is 18.2 Å². The number of nitrogens with one attached hydrogen (secondary N) is 2. The second-order valence-corrected chi connectivity index (χ2v) is 6.92. The molecule has 0 unspecified atom stereocenters. The molecule has 11 heteroatoms. The Morgan fingerprint density at radius 3 is 2.26 bits per heavy atom. The molecule has 0 aromatic heterocycles.